The molecule has 0 aromatic heterocycles. The monoisotopic (exact) mass is 165 g/mol. The molecule has 3 N–H and O–H groups in total. The lowest BCUT2D eigenvalue weighted by Crippen LogP contribution is -2.34. The highest BCUT2D eigenvalue weighted by atomic mass is 35.5. The Balaban J connectivity index is 3.31. The van der Waals surface area contributed by atoms with Gasteiger partial charge in [-0.1, -0.05) is 19.8 Å². The minimum Gasteiger partial charge on any atom is -0.395 e. The molecule has 0 aliphatic rings. The van der Waals surface area contributed by atoms with E-state index in [-0.39, 0.29) is 18.0 Å². The van der Waals surface area contributed by atoms with Crippen LogP contribution in [-0.2, 0) is 0 Å². The van der Waals surface area contributed by atoms with Crippen molar-refractivity contribution >= 4 is 11.6 Å². The van der Waals surface area contributed by atoms with E-state index in [1.165, 1.54) is 0 Å². The molecule has 62 valence electrons. The largest absolute Gasteiger partial charge is 0.395 e. The smallest absolute Gasteiger partial charge is 0.0597 e. The highest BCUT2D eigenvalue weighted by molar-refractivity contribution is 6.21. The molecule has 0 aliphatic carbocycles. The van der Waals surface area contributed by atoms with Crippen molar-refractivity contribution in [2.75, 3.05) is 6.61 Å². The van der Waals surface area contributed by atoms with Crippen LogP contribution in [0.4, 0.5) is 0 Å². The third-order valence-electron chi connectivity index (χ3n) is 1.51. The van der Waals surface area contributed by atoms with Gasteiger partial charge in [-0.15, -0.1) is 11.6 Å². The maximum atomic E-state index is 8.60. The summed E-state index contributed by atoms with van der Waals surface area (Å²) in [7, 11) is 0. The highest BCUT2D eigenvalue weighted by Crippen LogP contribution is 2.09. The third kappa shape index (κ3) is 4.09. The molecule has 10 heavy (non-hydrogen) atoms. The van der Waals surface area contributed by atoms with Gasteiger partial charge in [0.1, 0.15) is 0 Å². The molecule has 3 heteroatoms. The number of nitrogens with two attached hydrogens (primary N) is 1. The molecule has 0 bridgehead atoms. The molecule has 2 nitrogen and oxygen atoms in total. The molecule has 0 saturated carbocycles. The first-order valence-electron chi connectivity index (χ1n) is 3.72. The minimum absolute atomic E-state index is 0.0160. The number of unbranched alkanes of at least 4 members (excludes halogenated alkanes) is 1. The summed E-state index contributed by atoms with van der Waals surface area (Å²) >= 11 is 5.83. The van der Waals surface area contributed by atoms with Gasteiger partial charge >= 0.3 is 0 Å². The Kier molecular flexibility index (Phi) is 6.08. The summed E-state index contributed by atoms with van der Waals surface area (Å²) in [5, 5.41) is 8.53. The van der Waals surface area contributed by atoms with E-state index in [1.54, 1.807) is 0 Å². The van der Waals surface area contributed by atoms with Gasteiger partial charge in [-0.2, -0.15) is 0 Å². The second-order valence-corrected chi connectivity index (χ2v) is 3.07. The van der Waals surface area contributed by atoms with Gasteiger partial charge in [0.05, 0.1) is 12.0 Å². The summed E-state index contributed by atoms with van der Waals surface area (Å²) in [4.78, 5) is 0. The molecular weight excluding hydrogens is 150 g/mol. The standard InChI is InChI=1S/C7H16ClNO/c1-2-3-4-6(8)7(9)5-10/h6-7,10H,2-5,9H2,1H3. The van der Waals surface area contributed by atoms with Crippen LogP contribution < -0.4 is 5.73 Å². The van der Waals surface area contributed by atoms with Crippen molar-refractivity contribution in [3.05, 3.63) is 0 Å². The first-order chi connectivity index (χ1) is 4.72. The van der Waals surface area contributed by atoms with E-state index in [2.05, 4.69) is 6.92 Å². The fraction of sp³-hybridized carbons (Fsp3) is 1.00. The molecule has 0 fully saturated rings. The van der Waals surface area contributed by atoms with Gasteiger partial charge in [-0.05, 0) is 6.42 Å². The van der Waals surface area contributed by atoms with Crippen LogP contribution in [0.3, 0.4) is 0 Å². The Morgan fingerprint density at radius 1 is 1.60 bits per heavy atom. The molecule has 0 heterocycles. The molecule has 0 rings (SSSR count). The molecular formula is C7H16ClNO. The van der Waals surface area contributed by atoms with Gasteiger partial charge in [-0.3, -0.25) is 0 Å². The van der Waals surface area contributed by atoms with Crippen molar-refractivity contribution in [2.24, 2.45) is 5.73 Å². The van der Waals surface area contributed by atoms with Gasteiger partial charge in [-0.25, -0.2) is 0 Å². The maximum Gasteiger partial charge on any atom is 0.0597 e. The van der Waals surface area contributed by atoms with Gasteiger partial charge < -0.3 is 10.8 Å². The minimum atomic E-state index is -0.256. The number of halogens is 1. The van der Waals surface area contributed by atoms with Gasteiger partial charge in [0.25, 0.3) is 0 Å². The van der Waals surface area contributed by atoms with Crippen molar-refractivity contribution in [1.82, 2.24) is 0 Å². The first kappa shape index (κ1) is 10.2. The van der Waals surface area contributed by atoms with Crippen LogP contribution in [-0.4, -0.2) is 23.1 Å². The zero-order valence-electron chi connectivity index (χ0n) is 6.39. The molecule has 0 amide bonds. The fourth-order valence-electron chi connectivity index (χ4n) is 0.728. The lowest BCUT2D eigenvalue weighted by Gasteiger charge is -2.14. The predicted octanol–water partition coefficient (Wildman–Crippen LogP) is 1.10. The van der Waals surface area contributed by atoms with Crippen LogP contribution in [0.2, 0.25) is 0 Å². The van der Waals surface area contributed by atoms with Crippen LogP contribution in [0, 0.1) is 0 Å². The number of aliphatic hydroxyl groups excluding tert-OH is 1. The number of rotatable bonds is 5. The average molecular weight is 166 g/mol. The van der Waals surface area contributed by atoms with E-state index in [1.807, 2.05) is 0 Å². The number of alkyl halides is 1. The summed E-state index contributed by atoms with van der Waals surface area (Å²) in [6.45, 7) is 2.09. The molecule has 2 atom stereocenters. The van der Waals surface area contributed by atoms with E-state index in [4.69, 9.17) is 22.4 Å². The second-order valence-electron chi connectivity index (χ2n) is 2.50. The summed E-state index contributed by atoms with van der Waals surface area (Å²) in [6, 6.07) is -0.256. The Morgan fingerprint density at radius 2 is 2.20 bits per heavy atom. The molecule has 0 saturated heterocycles. The number of aliphatic hydroxyl groups is 1. The second kappa shape index (κ2) is 5.96. The van der Waals surface area contributed by atoms with Crippen molar-refractivity contribution in [3.8, 4) is 0 Å². The van der Waals surface area contributed by atoms with Crippen molar-refractivity contribution in [1.29, 1.82) is 0 Å². The van der Waals surface area contributed by atoms with E-state index in [0.717, 1.165) is 19.3 Å². The molecule has 0 aromatic carbocycles. The van der Waals surface area contributed by atoms with E-state index >= 15 is 0 Å². The van der Waals surface area contributed by atoms with E-state index in [9.17, 15) is 0 Å². The number of hydrogen-bond acceptors (Lipinski definition) is 2. The van der Waals surface area contributed by atoms with E-state index < -0.39 is 0 Å². The van der Waals surface area contributed by atoms with Crippen LogP contribution >= 0.6 is 11.6 Å². The van der Waals surface area contributed by atoms with E-state index in [0.29, 0.717) is 0 Å². The fourth-order valence-corrected chi connectivity index (χ4v) is 0.962. The normalized spacial score (nSPS) is 16.8. The Hall–Kier alpha value is 0.210. The topological polar surface area (TPSA) is 46.2 Å². The maximum absolute atomic E-state index is 8.60. The van der Waals surface area contributed by atoms with Crippen LogP contribution in [0.5, 0.6) is 0 Å². The summed E-state index contributed by atoms with van der Waals surface area (Å²) < 4.78 is 0. The van der Waals surface area contributed by atoms with Crippen LogP contribution in [0.15, 0.2) is 0 Å². The third-order valence-corrected chi connectivity index (χ3v) is 2.05. The van der Waals surface area contributed by atoms with Crippen LogP contribution in [0.25, 0.3) is 0 Å². The van der Waals surface area contributed by atoms with Crippen molar-refractivity contribution in [2.45, 2.75) is 37.6 Å². The highest BCUT2D eigenvalue weighted by Gasteiger charge is 2.12. The van der Waals surface area contributed by atoms with Crippen molar-refractivity contribution < 1.29 is 5.11 Å². The zero-order chi connectivity index (χ0) is 7.98. The SMILES string of the molecule is CCCCC(Cl)C(N)CO. The molecule has 0 spiro atoms. The molecule has 2 unspecified atom stereocenters. The molecule has 0 radical (unpaired) electrons. The quantitative estimate of drug-likeness (QED) is 0.600. The van der Waals surface area contributed by atoms with Gasteiger partial charge in [0.15, 0.2) is 0 Å². The molecule has 0 aliphatic heterocycles. The Labute approximate surface area is 67.4 Å². The summed E-state index contributed by atoms with van der Waals surface area (Å²) in [6.07, 6.45) is 3.11. The van der Waals surface area contributed by atoms with Crippen molar-refractivity contribution in [3.63, 3.8) is 0 Å². The van der Waals surface area contributed by atoms with Gasteiger partial charge in [0.2, 0.25) is 0 Å². The Bertz CT molecular complexity index is 80.0. The number of hydrogen-bond donors (Lipinski definition) is 2. The zero-order valence-corrected chi connectivity index (χ0v) is 7.14. The summed E-state index contributed by atoms with van der Waals surface area (Å²) in [5.74, 6) is 0. The lowest BCUT2D eigenvalue weighted by molar-refractivity contribution is 0.259. The first-order valence-corrected chi connectivity index (χ1v) is 4.16. The lowest BCUT2D eigenvalue weighted by atomic mass is 10.1. The molecule has 0 aromatic rings. The average Bonchev–Trinajstić information content (AvgIpc) is 1.98. The summed E-state index contributed by atoms with van der Waals surface area (Å²) in [5.41, 5.74) is 5.48. The predicted molar refractivity (Wildman–Crippen MR) is 44.2 cm³/mol. The van der Waals surface area contributed by atoms with Gasteiger partial charge in [0, 0.05) is 6.04 Å². The van der Waals surface area contributed by atoms with Crippen LogP contribution in [0.1, 0.15) is 26.2 Å². The Morgan fingerprint density at radius 3 is 2.60 bits per heavy atom.